The van der Waals surface area contributed by atoms with Crippen LogP contribution >= 0.6 is 15.9 Å². The third-order valence-corrected chi connectivity index (χ3v) is 6.55. The van der Waals surface area contributed by atoms with Gasteiger partial charge in [0.05, 0.1) is 10.6 Å². The van der Waals surface area contributed by atoms with E-state index >= 15 is 0 Å². The van der Waals surface area contributed by atoms with Crippen LogP contribution in [0.1, 0.15) is 33.3 Å². The van der Waals surface area contributed by atoms with Gasteiger partial charge < -0.3 is 0 Å². The Morgan fingerprint density at radius 2 is 1.78 bits per heavy atom. The highest BCUT2D eigenvalue weighted by Crippen LogP contribution is 2.31. The van der Waals surface area contributed by atoms with Crippen LogP contribution in [0.15, 0.2) is 29.2 Å². The maximum absolute atomic E-state index is 12.0. The Morgan fingerprint density at radius 3 is 2.28 bits per heavy atom. The molecule has 1 aromatic carbocycles. The Morgan fingerprint density at radius 1 is 1.22 bits per heavy atom. The topological polar surface area (TPSA) is 34.1 Å². The van der Waals surface area contributed by atoms with Crippen molar-refractivity contribution in [3.8, 4) is 0 Å². The molecule has 0 aliphatic rings. The molecule has 1 atom stereocenters. The van der Waals surface area contributed by atoms with Crippen LogP contribution in [0, 0.1) is 5.41 Å². The summed E-state index contributed by atoms with van der Waals surface area (Å²) in [7, 11) is -3.14. The fourth-order valence-corrected chi connectivity index (χ4v) is 3.13. The third kappa shape index (κ3) is 3.82. The first-order valence-corrected chi connectivity index (χ1v) is 8.70. The maximum Gasteiger partial charge on any atom is 0.178 e. The second-order valence-corrected chi connectivity index (χ2v) is 8.90. The van der Waals surface area contributed by atoms with Crippen molar-refractivity contribution in [1.82, 2.24) is 0 Å². The number of benzene rings is 1. The van der Waals surface area contributed by atoms with Crippen molar-refractivity contribution in [1.29, 1.82) is 0 Å². The quantitative estimate of drug-likeness (QED) is 0.785. The van der Waals surface area contributed by atoms with E-state index in [4.69, 9.17) is 0 Å². The van der Waals surface area contributed by atoms with Crippen LogP contribution < -0.4 is 0 Å². The highest BCUT2D eigenvalue weighted by Gasteiger charge is 2.24. The Balaban J connectivity index is 3.12. The van der Waals surface area contributed by atoms with Gasteiger partial charge in [-0.1, -0.05) is 61.8 Å². The number of hydrogen-bond donors (Lipinski definition) is 0. The van der Waals surface area contributed by atoms with Gasteiger partial charge in [0.15, 0.2) is 9.84 Å². The van der Waals surface area contributed by atoms with Gasteiger partial charge in [-0.05, 0) is 23.5 Å². The Hall–Kier alpha value is -0.350. The SMILES string of the molecule is CCS(=O)(=O)c1ccccc1CC(Br)C(C)(C)C. The fourth-order valence-electron chi connectivity index (χ4n) is 1.63. The minimum Gasteiger partial charge on any atom is -0.224 e. The molecule has 0 aliphatic carbocycles. The normalized spacial score (nSPS) is 14.5. The Kier molecular flexibility index (Phi) is 5.01. The zero-order chi connectivity index (χ0) is 14.0. The first-order chi connectivity index (χ1) is 8.18. The van der Waals surface area contributed by atoms with Gasteiger partial charge in [-0.2, -0.15) is 0 Å². The van der Waals surface area contributed by atoms with E-state index in [9.17, 15) is 8.42 Å². The smallest absolute Gasteiger partial charge is 0.178 e. The highest BCUT2D eigenvalue weighted by molar-refractivity contribution is 9.09. The first kappa shape index (κ1) is 15.7. The van der Waals surface area contributed by atoms with Crippen LogP contribution in [0.25, 0.3) is 0 Å². The lowest BCUT2D eigenvalue weighted by Crippen LogP contribution is -2.23. The van der Waals surface area contributed by atoms with Gasteiger partial charge in [-0.25, -0.2) is 8.42 Å². The van der Waals surface area contributed by atoms with Gasteiger partial charge in [0.25, 0.3) is 0 Å². The van der Waals surface area contributed by atoms with Crippen LogP contribution in [-0.4, -0.2) is 19.0 Å². The molecule has 102 valence electrons. The summed E-state index contributed by atoms with van der Waals surface area (Å²) in [6.45, 7) is 8.11. The van der Waals surface area contributed by atoms with Crippen LogP contribution in [0.5, 0.6) is 0 Å². The van der Waals surface area contributed by atoms with E-state index in [-0.39, 0.29) is 16.0 Å². The van der Waals surface area contributed by atoms with E-state index in [1.54, 1.807) is 19.1 Å². The minimum atomic E-state index is -3.14. The Labute approximate surface area is 119 Å². The molecule has 0 aromatic heterocycles. The molecule has 0 fully saturated rings. The molecule has 0 aliphatic heterocycles. The van der Waals surface area contributed by atoms with Gasteiger partial charge in [-0.3, -0.25) is 0 Å². The number of sulfone groups is 1. The van der Waals surface area contributed by atoms with Crippen molar-refractivity contribution in [3.05, 3.63) is 29.8 Å². The van der Waals surface area contributed by atoms with Crippen molar-refractivity contribution in [3.63, 3.8) is 0 Å². The lowest BCUT2D eigenvalue weighted by Gasteiger charge is -2.26. The van der Waals surface area contributed by atoms with E-state index in [1.807, 2.05) is 12.1 Å². The minimum absolute atomic E-state index is 0.100. The predicted octanol–water partition coefficient (Wildman–Crippen LogP) is 3.83. The van der Waals surface area contributed by atoms with Crippen LogP contribution in [0.4, 0.5) is 0 Å². The van der Waals surface area contributed by atoms with E-state index in [0.29, 0.717) is 4.90 Å². The van der Waals surface area contributed by atoms with Crippen molar-refractivity contribution in [2.24, 2.45) is 5.41 Å². The van der Waals surface area contributed by atoms with E-state index in [2.05, 4.69) is 36.7 Å². The predicted molar refractivity (Wildman–Crippen MR) is 80.0 cm³/mol. The van der Waals surface area contributed by atoms with Gasteiger partial charge in [-0.15, -0.1) is 0 Å². The molecule has 0 radical (unpaired) electrons. The van der Waals surface area contributed by atoms with Gasteiger partial charge in [0.1, 0.15) is 0 Å². The summed E-state index contributed by atoms with van der Waals surface area (Å²) in [5.41, 5.74) is 0.999. The number of halogens is 1. The summed E-state index contributed by atoms with van der Waals surface area (Å²) in [6.07, 6.45) is 0.721. The van der Waals surface area contributed by atoms with E-state index in [0.717, 1.165) is 12.0 Å². The van der Waals surface area contributed by atoms with Gasteiger partial charge in [0, 0.05) is 4.83 Å². The average molecular weight is 333 g/mol. The molecule has 0 bridgehead atoms. The molecular weight excluding hydrogens is 312 g/mol. The van der Waals surface area contributed by atoms with Crippen LogP contribution in [0.3, 0.4) is 0 Å². The molecule has 0 saturated heterocycles. The maximum atomic E-state index is 12.0. The molecule has 1 rings (SSSR count). The second-order valence-electron chi connectivity index (χ2n) is 5.55. The van der Waals surface area contributed by atoms with Gasteiger partial charge >= 0.3 is 0 Å². The van der Waals surface area contributed by atoms with Crippen molar-refractivity contribution >= 4 is 25.8 Å². The zero-order valence-corrected chi connectivity index (χ0v) is 13.8. The number of alkyl halides is 1. The largest absolute Gasteiger partial charge is 0.224 e. The van der Waals surface area contributed by atoms with Crippen LogP contribution in [0.2, 0.25) is 0 Å². The molecule has 18 heavy (non-hydrogen) atoms. The van der Waals surface area contributed by atoms with Gasteiger partial charge in [0.2, 0.25) is 0 Å². The van der Waals surface area contributed by atoms with Crippen LogP contribution in [-0.2, 0) is 16.3 Å². The zero-order valence-electron chi connectivity index (χ0n) is 11.4. The summed E-state index contributed by atoms with van der Waals surface area (Å²) >= 11 is 3.66. The molecule has 0 spiro atoms. The summed E-state index contributed by atoms with van der Waals surface area (Å²) in [4.78, 5) is 0.722. The molecule has 1 aromatic rings. The van der Waals surface area contributed by atoms with E-state index < -0.39 is 9.84 Å². The summed E-state index contributed by atoms with van der Waals surface area (Å²) < 4.78 is 24.1. The highest BCUT2D eigenvalue weighted by atomic mass is 79.9. The molecule has 4 heteroatoms. The lowest BCUT2D eigenvalue weighted by molar-refractivity contribution is 0.396. The van der Waals surface area contributed by atoms with Crippen molar-refractivity contribution < 1.29 is 8.42 Å². The summed E-state index contributed by atoms with van der Waals surface area (Å²) in [6, 6.07) is 7.29. The molecule has 1 unspecified atom stereocenters. The molecule has 2 nitrogen and oxygen atoms in total. The molecule has 0 saturated carbocycles. The van der Waals surface area contributed by atoms with Crippen molar-refractivity contribution in [2.45, 2.75) is 43.8 Å². The second kappa shape index (κ2) is 5.74. The molecule has 0 N–H and O–H groups in total. The standard InChI is InChI=1S/C14H21BrO2S/c1-5-18(16,17)12-9-7-6-8-11(12)10-13(15)14(2,3)4/h6-9,13H,5,10H2,1-4H3. The fraction of sp³-hybridized carbons (Fsp3) is 0.571. The average Bonchev–Trinajstić information content (AvgIpc) is 2.28. The monoisotopic (exact) mass is 332 g/mol. The summed E-state index contributed by atoms with van der Waals surface area (Å²) in [5.74, 6) is 0.145. The van der Waals surface area contributed by atoms with E-state index in [1.165, 1.54) is 0 Å². The number of hydrogen-bond acceptors (Lipinski definition) is 2. The summed E-state index contributed by atoms with van der Waals surface area (Å²) in [5, 5.41) is 0. The number of rotatable bonds is 4. The molecule has 0 heterocycles. The first-order valence-electron chi connectivity index (χ1n) is 6.13. The third-order valence-electron chi connectivity index (χ3n) is 3.03. The molecule has 0 amide bonds. The molecular formula is C14H21BrO2S. The lowest BCUT2D eigenvalue weighted by atomic mass is 9.88. The van der Waals surface area contributed by atoms with Crippen molar-refractivity contribution in [2.75, 3.05) is 5.75 Å². The Bertz CT molecular complexity index is 501.